The molecule has 0 saturated heterocycles. The van der Waals surface area contributed by atoms with Crippen LogP contribution in [0.4, 0.5) is 0 Å². The van der Waals surface area contributed by atoms with Gasteiger partial charge in [-0.1, -0.05) is 121 Å². The van der Waals surface area contributed by atoms with E-state index < -0.39 is 0 Å². The normalized spacial score (nSPS) is 12.9. The fraction of sp³-hybridized carbons (Fsp3) is 0.0488. The number of aryl methyl sites for hydroxylation is 1. The minimum absolute atomic E-state index is 0.839. The Morgan fingerprint density at radius 3 is 1.81 bits per heavy atom. The molecule has 43 heavy (non-hydrogen) atoms. The molecule has 2 heterocycles. The van der Waals surface area contributed by atoms with Crippen molar-refractivity contribution in [2.75, 3.05) is 6.54 Å². The Bertz CT molecular complexity index is 2180. The van der Waals surface area contributed by atoms with Crippen LogP contribution in [0.1, 0.15) is 11.1 Å². The molecule has 0 radical (unpaired) electrons. The van der Waals surface area contributed by atoms with Crippen molar-refractivity contribution < 1.29 is 0 Å². The molecule has 1 aliphatic rings. The molecule has 204 valence electrons. The summed E-state index contributed by atoms with van der Waals surface area (Å²) >= 11 is 0. The minimum atomic E-state index is 0.839. The lowest BCUT2D eigenvalue weighted by Crippen LogP contribution is -2.14. The Morgan fingerprint density at radius 2 is 1.14 bits per heavy atom. The van der Waals surface area contributed by atoms with Crippen molar-refractivity contribution in [2.45, 2.75) is 6.92 Å². The number of nitrogens with one attached hydrogen (secondary N) is 1. The third kappa shape index (κ3) is 4.49. The Morgan fingerprint density at radius 1 is 0.535 bits per heavy atom. The first kappa shape index (κ1) is 25.3. The van der Waals surface area contributed by atoms with Crippen LogP contribution in [0.3, 0.4) is 0 Å². The van der Waals surface area contributed by atoms with Crippen molar-refractivity contribution in [2.24, 2.45) is 0 Å². The van der Waals surface area contributed by atoms with Gasteiger partial charge in [0.25, 0.3) is 0 Å². The molecule has 0 atom stereocenters. The van der Waals surface area contributed by atoms with Gasteiger partial charge in [0.1, 0.15) is 0 Å². The smallest absolute Gasteiger partial charge is 0.0431 e. The van der Waals surface area contributed by atoms with Gasteiger partial charge in [-0.25, -0.2) is 0 Å². The van der Waals surface area contributed by atoms with Gasteiger partial charge in [0.15, 0.2) is 0 Å². The molecule has 0 saturated carbocycles. The quantitative estimate of drug-likeness (QED) is 0.221. The first-order chi connectivity index (χ1) is 21.2. The van der Waals surface area contributed by atoms with E-state index in [1.54, 1.807) is 0 Å². The monoisotopic (exact) mass is 550 g/mol. The molecule has 6 aromatic carbocycles. The molecule has 1 aliphatic heterocycles. The topological polar surface area (TPSA) is 24.9 Å². The summed E-state index contributed by atoms with van der Waals surface area (Å²) in [4.78, 5) is 4.56. The summed E-state index contributed by atoms with van der Waals surface area (Å²) < 4.78 is 0. The van der Waals surface area contributed by atoms with Crippen molar-refractivity contribution >= 4 is 38.0 Å². The maximum Gasteiger partial charge on any atom is 0.0431 e. The highest BCUT2D eigenvalue weighted by atomic mass is 14.9. The van der Waals surface area contributed by atoms with E-state index in [0.29, 0.717) is 0 Å². The van der Waals surface area contributed by atoms with Gasteiger partial charge in [-0.2, -0.15) is 0 Å². The van der Waals surface area contributed by atoms with Crippen LogP contribution in [0.15, 0.2) is 146 Å². The molecule has 0 amide bonds. The largest absolute Gasteiger partial charge is 0.381 e. The second-order valence-electron chi connectivity index (χ2n) is 11.3. The van der Waals surface area contributed by atoms with Crippen molar-refractivity contribution in [3.8, 4) is 33.4 Å². The fourth-order valence-electron chi connectivity index (χ4n) is 6.50. The van der Waals surface area contributed by atoms with Crippen LogP contribution < -0.4 is 5.32 Å². The summed E-state index contributed by atoms with van der Waals surface area (Å²) in [5, 5.41) is 11.1. The highest BCUT2D eigenvalue weighted by molar-refractivity contribution is 6.21. The van der Waals surface area contributed by atoms with E-state index in [2.05, 4.69) is 151 Å². The van der Waals surface area contributed by atoms with Gasteiger partial charge in [-0.05, 0) is 85.3 Å². The average molecular weight is 551 g/mol. The number of hydrogen-bond acceptors (Lipinski definition) is 2. The van der Waals surface area contributed by atoms with Crippen LogP contribution in [-0.4, -0.2) is 11.5 Å². The lowest BCUT2D eigenvalue weighted by atomic mass is 9.85. The third-order valence-corrected chi connectivity index (χ3v) is 8.58. The van der Waals surface area contributed by atoms with Crippen LogP contribution in [0.5, 0.6) is 0 Å². The van der Waals surface area contributed by atoms with Crippen molar-refractivity contribution in [3.63, 3.8) is 0 Å². The van der Waals surface area contributed by atoms with Gasteiger partial charge in [-0.15, -0.1) is 0 Å². The average Bonchev–Trinajstić information content (AvgIpc) is 3.07. The molecular formula is C41H30N2. The number of dihydropyridines is 1. The fourth-order valence-corrected chi connectivity index (χ4v) is 6.50. The van der Waals surface area contributed by atoms with Crippen molar-refractivity contribution in [1.82, 2.24) is 10.3 Å². The molecule has 2 nitrogen and oxygen atoms in total. The van der Waals surface area contributed by atoms with E-state index in [1.807, 2.05) is 12.4 Å². The number of pyridine rings is 1. The summed E-state index contributed by atoms with van der Waals surface area (Å²) in [6.45, 7) is 3.00. The number of nitrogens with zero attached hydrogens (tertiary/aromatic N) is 1. The van der Waals surface area contributed by atoms with Gasteiger partial charge in [0.2, 0.25) is 0 Å². The highest BCUT2D eigenvalue weighted by Crippen LogP contribution is 2.44. The van der Waals surface area contributed by atoms with E-state index in [9.17, 15) is 0 Å². The van der Waals surface area contributed by atoms with E-state index in [4.69, 9.17) is 0 Å². The molecule has 0 bridgehead atoms. The summed E-state index contributed by atoms with van der Waals surface area (Å²) in [5.41, 5.74) is 10.8. The van der Waals surface area contributed by atoms with E-state index >= 15 is 0 Å². The standard InChI is InChI=1S/C41H30N2/c1-27-13-14-28-17-20-31(23-32(28)22-27)41-37-10-4-2-8-35(37)40(36-9-3-5-11-38(36)41)30-18-15-29(16-19-30)33-24-34(26-42-25-33)39-12-6-7-21-43-39/h2-20,22-26,43H,21H2,1H3. The zero-order valence-corrected chi connectivity index (χ0v) is 24.0. The number of rotatable bonds is 4. The minimum Gasteiger partial charge on any atom is -0.381 e. The zero-order chi connectivity index (χ0) is 28.8. The second-order valence-corrected chi connectivity index (χ2v) is 11.3. The van der Waals surface area contributed by atoms with Crippen LogP contribution in [0.25, 0.3) is 71.4 Å². The lowest BCUT2D eigenvalue weighted by molar-refractivity contribution is 0.993. The van der Waals surface area contributed by atoms with Crippen LogP contribution in [-0.2, 0) is 0 Å². The van der Waals surface area contributed by atoms with E-state index in [-0.39, 0.29) is 0 Å². The molecule has 0 unspecified atom stereocenters. The van der Waals surface area contributed by atoms with E-state index in [1.165, 1.54) is 60.1 Å². The number of hydrogen-bond donors (Lipinski definition) is 1. The Kier molecular flexibility index (Phi) is 6.12. The van der Waals surface area contributed by atoms with Gasteiger partial charge >= 0.3 is 0 Å². The van der Waals surface area contributed by atoms with Crippen molar-refractivity contribution in [3.05, 3.63) is 157 Å². The highest BCUT2D eigenvalue weighted by Gasteiger charge is 2.17. The van der Waals surface area contributed by atoms with Gasteiger partial charge < -0.3 is 5.32 Å². The maximum atomic E-state index is 4.56. The molecule has 0 aliphatic carbocycles. The van der Waals surface area contributed by atoms with Gasteiger partial charge in [0.05, 0.1) is 0 Å². The molecule has 2 heteroatoms. The summed E-state index contributed by atoms with van der Waals surface area (Å²) in [5.74, 6) is 0. The zero-order valence-electron chi connectivity index (χ0n) is 24.0. The molecule has 1 N–H and O–H groups in total. The molecular weight excluding hydrogens is 520 g/mol. The number of aromatic nitrogens is 1. The predicted octanol–water partition coefficient (Wildman–Crippen LogP) is 10.4. The Balaban J connectivity index is 1.28. The number of benzene rings is 6. The molecule has 8 rings (SSSR count). The SMILES string of the molecule is Cc1ccc2ccc(-c3c4ccccc4c(-c4ccc(-c5cncc(C6=CC=CCN6)c5)cc4)c4ccccc34)cc2c1. The van der Waals surface area contributed by atoms with E-state index in [0.717, 1.165) is 28.9 Å². The van der Waals surface area contributed by atoms with Crippen molar-refractivity contribution in [1.29, 1.82) is 0 Å². The Hall–Kier alpha value is -5.47. The summed E-state index contributed by atoms with van der Waals surface area (Å²) in [6.07, 6.45) is 10.2. The van der Waals surface area contributed by atoms with Crippen LogP contribution >= 0.6 is 0 Å². The lowest BCUT2D eigenvalue weighted by Gasteiger charge is -2.18. The Labute approximate surface area is 251 Å². The first-order valence-corrected chi connectivity index (χ1v) is 14.8. The first-order valence-electron chi connectivity index (χ1n) is 14.8. The maximum absolute atomic E-state index is 4.56. The van der Waals surface area contributed by atoms with Crippen LogP contribution in [0.2, 0.25) is 0 Å². The van der Waals surface area contributed by atoms with Crippen LogP contribution in [0, 0.1) is 6.92 Å². The second kappa shape index (κ2) is 10.4. The molecule has 1 aromatic heterocycles. The molecule has 0 fully saturated rings. The van der Waals surface area contributed by atoms with Gasteiger partial charge in [0, 0.05) is 35.8 Å². The van der Waals surface area contributed by atoms with Gasteiger partial charge in [-0.3, -0.25) is 4.98 Å². The number of allylic oxidation sites excluding steroid dienone is 2. The number of fused-ring (bicyclic) bond motifs is 3. The molecule has 7 aromatic rings. The summed E-state index contributed by atoms with van der Waals surface area (Å²) in [6, 6.07) is 42.5. The predicted molar refractivity (Wildman–Crippen MR) is 183 cm³/mol. The molecule has 0 spiro atoms. The summed E-state index contributed by atoms with van der Waals surface area (Å²) in [7, 11) is 0. The third-order valence-electron chi connectivity index (χ3n) is 8.58.